The van der Waals surface area contributed by atoms with Gasteiger partial charge >= 0.3 is 12.0 Å². The van der Waals surface area contributed by atoms with Gasteiger partial charge < -0.3 is 15.3 Å². The Morgan fingerprint density at radius 2 is 1.82 bits per heavy atom. The minimum Gasteiger partial charge on any atom is -0.481 e. The average Bonchev–Trinajstić information content (AvgIpc) is 2.46. The molecule has 1 fully saturated rings. The molecule has 0 saturated carbocycles. The molecule has 0 aliphatic carbocycles. The van der Waals surface area contributed by atoms with Crippen LogP contribution in [0.5, 0.6) is 0 Å². The van der Waals surface area contributed by atoms with Gasteiger partial charge in [-0.1, -0.05) is 15.9 Å². The van der Waals surface area contributed by atoms with Crippen LogP contribution in [0, 0.1) is 19.8 Å². The molecule has 2 amide bonds. The molecule has 1 saturated heterocycles. The summed E-state index contributed by atoms with van der Waals surface area (Å²) in [5.74, 6) is -1.08. The monoisotopic (exact) mass is 368 g/mol. The Bertz CT molecular complexity index is 558. The van der Waals surface area contributed by atoms with Gasteiger partial charge in [0.05, 0.1) is 5.92 Å². The van der Waals surface area contributed by atoms with E-state index in [4.69, 9.17) is 5.11 Å². The van der Waals surface area contributed by atoms with Crippen molar-refractivity contribution < 1.29 is 14.7 Å². The molecule has 2 rings (SSSR count). The number of carbonyl (C=O) groups excluding carboxylic acids is 1. The van der Waals surface area contributed by atoms with E-state index < -0.39 is 5.97 Å². The number of benzene rings is 1. The number of nitrogens with one attached hydrogen (secondary N) is 1. The topological polar surface area (TPSA) is 69.6 Å². The molecule has 0 bridgehead atoms. The Labute approximate surface area is 138 Å². The number of piperidine rings is 1. The van der Waals surface area contributed by atoms with E-state index in [0.29, 0.717) is 32.5 Å². The van der Waals surface area contributed by atoms with Crippen LogP contribution in [0.4, 0.5) is 4.79 Å². The Morgan fingerprint density at radius 1 is 1.27 bits per heavy atom. The highest BCUT2D eigenvalue weighted by Crippen LogP contribution is 2.21. The first-order valence-electron chi connectivity index (χ1n) is 7.39. The summed E-state index contributed by atoms with van der Waals surface area (Å²) in [4.78, 5) is 24.8. The number of carboxylic acid groups (broad SMARTS) is 1. The molecule has 0 atom stereocenters. The summed E-state index contributed by atoms with van der Waals surface area (Å²) in [7, 11) is 0. The van der Waals surface area contributed by atoms with Gasteiger partial charge in [-0.2, -0.15) is 0 Å². The van der Waals surface area contributed by atoms with E-state index in [0.717, 1.165) is 21.2 Å². The fourth-order valence-corrected chi connectivity index (χ4v) is 3.51. The number of hydrogen-bond donors (Lipinski definition) is 2. The van der Waals surface area contributed by atoms with E-state index in [1.807, 2.05) is 26.0 Å². The van der Waals surface area contributed by atoms with Gasteiger partial charge in [-0.15, -0.1) is 0 Å². The lowest BCUT2D eigenvalue weighted by Gasteiger charge is -2.30. The van der Waals surface area contributed by atoms with Gasteiger partial charge in [0, 0.05) is 24.1 Å². The molecule has 2 N–H and O–H groups in total. The van der Waals surface area contributed by atoms with Crippen LogP contribution in [-0.2, 0) is 11.3 Å². The third-order valence-electron chi connectivity index (χ3n) is 4.21. The van der Waals surface area contributed by atoms with Gasteiger partial charge in [-0.3, -0.25) is 4.79 Å². The number of amides is 2. The fourth-order valence-electron chi connectivity index (χ4n) is 2.82. The van der Waals surface area contributed by atoms with E-state index in [2.05, 4.69) is 21.2 Å². The zero-order valence-corrected chi connectivity index (χ0v) is 14.4. The molecule has 0 spiro atoms. The number of likely N-dealkylation sites (tertiary alicyclic amines) is 1. The normalized spacial score (nSPS) is 15.7. The standard InChI is InChI=1S/C16H21BrN2O3/c1-10-7-13(17)8-11(2)14(10)9-18-16(22)19-5-3-12(4-6-19)15(20)21/h7-8,12H,3-6,9H2,1-2H3,(H,18,22)(H,20,21). The van der Waals surface area contributed by atoms with Gasteiger partial charge in [0.1, 0.15) is 0 Å². The minimum absolute atomic E-state index is 0.120. The zero-order valence-electron chi connectivity index (χ0n) is 12.9. The van der Waals surface area contributed by atoms with E-state index in [9.17, 15) is 9.59 Å². The van der Waals surface area contributed by atoms with Gasteiger partial charge in [-0.25, -0.2) is 4.79 Å². The van der Waals surface area contributed by atoms with Crippen LogP contribution in [0.1, 0.15) is 29.5 Å². The maximum absolute atomic E-state index is 12.2. The molecule has 1 aromatic rings. The predicted octanol–water partition coefficient (Wildman–Crippen LogP) is 3.07. The van der Waals surface area contributed by atoms with Crippen LogP contribution in [0.15, 0.2) is 16.6 Å². The molecular weight excluding hydrogens is 348 g/mol. The van der Waals surface area contributed by atoms with E-state index in [1.54, 1.807) is 4.90 Å². The number of aryl methyl sites for hydroxylation is 2. The maximum atomic E-state index is 12.2. The molecular formula is C16H21BrN2O3. The number of carbonyl (C=O) groups is 2. The van der Waals surface area contributed by atoms with Crippen LogP contribution in [0.3, 0.4) is 0 Å². The molecule has 22 heavy (non-hydrogen) atoms. The predicted molar refractivity (Wildman–Crippen MR) is 87.8 cm³/mol. The Balaban J connectivity index is 1.90. The molecule has 120 valence electrons. The lowest BCUT2D eigenvalue weighted by molar-refractivity contribution is -0.143. The Kier molecular flexibility index (Phi) is 5.45. The van der Waals surface area contributed by atoms with Gasteiger partial charge in [0.25, 0.3) is 0 Å². The number of urea groups is 1. The number of halogens is 1. The van der Waals surface area contributed by atoms with Crippen molar-refractivity contribution in [2.75, 3.05) is 13.1 Å². The number of hydrogen-bond acceptors (Lipinski definition) is 2. The molecule has 1 heterocycles. The van der Waals surface area contributed by atoms with Crippen LogP contribution in [0.2, 0.25) is 0 Å². The van der Waals surface area contributed by atoms with Gasteiger partial charge in [0.2, 0.25) is 0 Å². The first-order valence-corrected chi connectivity index (χ1v) is 8.19. The van der Waals surface area contributed by atoms with Gasteiger partial charge in [0.15, 0.2) is 0 Å². The van der Waals surface area contributed by atoms with Crippen LogP contribution in [-0.4, -0.2) is 35.1 Å². The summed E-state index contributed by atoms with van der Waals surface area (Å²) in [5.41, 5.74) is 3.39. The summed E-state index contributed by atoms with van der Waals surface area (Å²) in [6.45, 7) is 5.54. The highest BCUT2D eigenvalue weighted by Gasteiger charge is 2.26. The highest BCUT2D eigenvalue weighted by atomic mass is 79.9. The smallest absolute Gasteiger partial charge is 0.317 e. The summed E-state index contributed by atoms with van der Waals surface area (Å²) in [5, 5.41) is 11.9. The highest BCUT2D eigenvalue weighted by molar-refractivity contribution is 9.10. The maximum Gasteiger partial charge on any atom is 0.317 e. The van der Waals surface area contributed by atoms with E-state index in [1.165, 1.54) is 0 Å². The average molecular weight is 369 g/mol. The summed E-state index contributed by atoms with van der Waals surface area (Å²) < 4.78 is 1.04. The molecule has 0 aromatic heterocycles. The third-order valence-corrected chi connectivity index (χ3v) is 4.67. The quantitative estimate of drug-likeness (QED) is 0.861. The number of rotatable bonds is 3. The second-order valence-electron chi connectivity index (χ2n) is 5.78. The van der Waals surface area contributed by atoms with Crippen molar-refractivity contribution in [3.05, 3.63) is 33.3 Å². The van der Waals surface area contributed by atoms with Gasteiger partial charge in [-0.05, 0) is 55.5 Å². The van der Waals surface area contributed by atoms with E-state index in [-0.39, 0.29) is 11.9 Å². The molecule has 1 aromatic carbocycles. The number of aliphatic carboxylic acids is 1. The van der Waals surface area contributed by atoms with Crippen molar-refractivity contribution in [3.63, 3.8) is 0 Å². The van der Waals surface area contributed by atoms with Crippen molar-refractivity contribution in [2.24, 2.45) is 5.92 Å². The first-order chi connectivity index (χ1) is 10.4. The molecule has 0 radical (unpaired) electrons. The first kappa shape index (κ1) is 16.8. The van der Waals surface area contributed by atoms with Crippen LogP contribution < -0.4 is 5.32 Å². The van der Waals surface area contributed by atoms with E-state index >= 15 is 0 Å². The number of carboxylic acids is 1. The van der Waals surface area contributed by atoms with Crippen molar-refractivity contribution >= 4 is 27.9 Å². The number of nitrogens with zero attached hydrogens (tertiary/aromatic N) is 1. The zero-order chi connectivity index (χ0) is 16.3. The third kappa shape index (κ3) is 4.00. The molecule has 0 unspecified atom stereocenters. The second-order valence-corrected chi connectivity index (χ2v) is 6.69. The Morgan fingerprint density at radius 3 is 2.32 bits per heavy atom. The largest absolute Gasteiger partial charge is 0.481 e. The van der Waals surface area contributed by atoms with Crippen molar-refractivity contribution in [1.29, 1.82) is 0 Å². The minimum atomic E-state index is -0.763. The Hall–Kier alpha value is -1.56. The van der Waals surface area contributed by atoms with Crippen molar-refractivity contribution in [1.82, 2.24) is 10.2 Å². The van der Waals surface area contributed by atoms with Crippen LogP contribution >= 0.6 is 15.9 Å². The summed E-state index contributed by atoms with van der Waals surface area (Å²) >= 11 is 3.46. The molecule has 6 heteroatoms. The lowest BCUT2D eigenvalue weighted by atomic mass is 9.97. The molecule has 1 aliphatic heterocycles. The fraction of sp³-hybridized carbons (Fsp3) is 0.500. The summed E-state index contributed by atoms with van der Waals surface area (Å²) in [6.07, 6.45) is 1.05. The summed E-state index contributed by atoms with van der Waals surface area (Å²) in [6, 6.07) is 3.95. The van der Waals surface area contributed by atoms with Crippen LogP contribution in [0.25, 0.3) is 0 Å². The molecule has 5 nitrogen and oxygen atoms in total. The van der Waals surface area contributed by atoms with Crippen molar-refractivity contribution in [3.8, 4) is 0 Å². The SMILES string of the molecule is Cc1cc(Br)cc(C)c1CNC(=O)N1CCC(C(=O)O)CC1. The molecule has 1 aliphatic rings. The lowest BCUT2D eigenvalue weighted by Crippen LogP contribution is -2.45. The second kappa shape index (κ2) is 7.13. The van der Waals surface area contributed by atoms with Crippen molar-refractivity contribution in [2.45, 2.75) is 33.2 Å².